The number of aromatic nitrogens is 2. The van der Waals surface area contributed by atoms with Crippen LogP contribution in [-0.4, -0.2) is 28.3 Å². The van der Waals surface area contributed by atoms with Gasteiger partial charge in [0.15, 0.2) is 0 Å². The van der Waals surface area contributed by atoms with Crippen molar-refractivity contribution in [3.8, 4) is 0 Å². The Kier molecular flexibility index (Phi) is 6.71. The molecule has 1 rings (SSSR count). The van der Waals surface area contributed by atoms with Gasteiger partial charge in [-0.15, -0.1) is 0 Å². The molecule has 5 nitrogen and oxygen atoms in total. The molecular weight excluding hydrogens is 252 g/mol. The van der Waals surface area contributed by atoms with Crippen molar-refractivity contribution < 1.29 is 4.79 Å². The highest BCUT2D eigenvalue weighted by Crippen LogP contribution is 2.11. The fourth-order valence-electron chi connectivity index (χ4n) is 2.16. The highest BCUT2D eigenvalue weighted by atomic mass is 16.2. The zero-order chi connectivity index (χ0) is 15.1. The highest BCUT2D eigenvalue weighted by molar-refractivity contribution is 5.81. The molecule has 5 heteroatoms. The number of rotatable bonds is 8. The minimum absolute atomic E-state index is 0.0697. The molecule has 0 aliphatic carbocycles. The van der Waals surface area contributed by atoms with E-state index < -0.39 is 0 Å². The molecule has 0 saturated heterocycles. The average molecular weight is 280 g/mol. The zero-order valence-electron chi connectivity index (χ0n) is 13.4. The highest BCUT2D eigenvalue weighted by Gasteiger charge is 2.14. The van der Waals surface area contributed by atoms with Crippen molar-refractivity contribution in [1.29, 1.82) is 0 Å². The van der Waals surface area contributed by atoms with Gasteiger partial charge in [0, 0.05) is 31.4 Å². The van der Waals surface area contributed by atoms with E-state index in [-0.39, 0.29) is 11.9 Å². The van der Waals surface area contributed by atoms with Crippen molar-refractivity contribution in [2.45, 2.75) is 59.5 Å². The standard InChI is InChI=1S/C15H28N4O/c1-6-7-8-9-16-15(20)12(3)17-10-14-11(2)18-19(5)13(14)4/h12,17H,6-10H2,1-5H3,(H,16,20). The number of hydrogen-bond donors (Lipinski definition) is 2. The monoisotopic (exact) mass is 280 g/mol. The van der Waals surface area contributed by atoms with E-state index in [2.05, 4.69) is 22.7 Å². The van der Waals surface area contributed by atoms with Crippen LogP contribution in [0.15, 0.2) is 0 Å². The molecule has 1 aromatic rings. The molecule has 0 radical (unpaired) electrons. The van der Waals surface area contributed by atoms with Crippen LogP contribution >= 0.6 is 0 Å². The summed E-state index contributed by atoms with van der Waals surface area (Å²) < 4.78 is 1.88. The quantitative estimate of drug-likeness (QED) is 0.714. The van der Waals surface area contributed by atoms with E-state index in [0.717, 1.165) is 30.8 Å². The van der Waals surface area contributed by atoms with E-state index in [4.69, 9.17) is 0 Å². The number of hydrogen-bond acceptors (Lipinski definition) is 3. The zero-order valence-corrected chi connectivity index (χ0v) is 13.4. The van der Waals surface area contributed by atoms with Crippen molar-refractivity contribution >= 4 is 5.91 Å². The molecule has 114 valence electrons. The second-order valence-electron chi connectivity index (χ2n) is 5.37. The van der Waals surface area contributed by atoms with Gasteiger partial charge < -0.3 is 10.6 Å². The first-order chi connectivity index (χ1) is 9.47. The van der Waals surface area contributed by atoms with E-state index in [1.165, 1.54) is 12.0 Å². The Hall–Kier alpha value is -1.36. The molecule has 1 atom stereocenters. The molecule has 1 heterocycles. The SMILES string of the molecule is CCCCCNC(=O)C(C)NCc1c(C)nn(C)c1C. The molecule has 20 heavy (non-hydrogen) atoms. The molecule has 1 aromatic heterocycles. The molecule has 0 fully saturated rings. The van der Waals surface area contributed by atoms with Crippen LogP contribution < -0.4 is 10.6 Å². The van der Waals surface area contributed by atoms with Crippen LogP contribution in [-0.2, 0) is 18.4 Å². The number of aryl methyl sites for hydroxylation is 2. The predicted octanol–water partition coefficient (Wildman–Crippen LogP) is 1.82. The average Bonchev–Trinajstić information content (AvgIpc) is 2.65. The van der Waals surface area contributed by atoms with Gasteiger partial charge in [-0.25, -0.2) is 0 Å². The van der Waals surface area contributed by atoms with Gasteiger partial charge >= 0.3 is 0 Å². The maximum absolute atomic E-state index is 11.9. The number of nitrogens with one attached hydrogen (secondary N) is 2. The van der Waals surface area contributed by atoms with Gasteiger partial charge in [0.1, 0.15) is 0 Å². The smallest absolute Gasteiger partial charge is 0.236 e. The van der Waals surface area contributed by atoms with Crippen molar-refractivity contribution in [3.63, 3.8) is 0 Å². The summed E-state index contributed by atoms with van der Waals surface area (Å²) in [6, 6.07) is -0.185. The number of carbonyl (C=O) groups is 1. The molecular formula is C15H28N4O. The number of unbranched alkanes of at least 4 members (excludes halogenated alkanes) is 2. The largest absolute Gasteiger partial charge is 0.355 e. The molecule has 0 saturated carbocycles. The minimum atomic E-state index is -0.185. The van der Waals surface area contributed by atoms with Crippen LogP contribution in [0.3, 0.4) is 0 Å². The van der Waals surface area contributed by atoms with Crippen LogP contribution in [0, 0.1) is 13.8 Å². The molecule has 0 bridgehead atoms. The summed E-state index contributed by atoms with van der Waals surface area (Å²) in [7, 11) is 1.94. The molecule has 1 amide bonds. The summed E-state index contributed by atoms with van der Waals surface area (Å²) in [5.74, 6) is 0.0697. The fourth-order valence-corrected chi connectivity index (χ4v) is 2.16. The van der Waals surface area contributed by atoms with E-state index in [1.807, 2.05) is 32.5 Å². The molecule has 0 aliphatic rings. The fraction of sp³-hybridized carbons (Fsp3) is 0.733. The van der Waals surface area contributed by atoms with E-state index >= 15 is 0 Å². The number of carbonyl (C=O) groups excluding carboxylic acids is 1. The number of amides is 1. The maximum Gasteiger partial charge on any atom is 0.236 e. The summed E-state index contributed by atoms with van der Waals surface area (Å²) in [6.07, 6.45) is 3.38. The Balaban J connectivity index is 2.38. The Morgan fingerprint density at radius 1 is 1.35 bits per heavy atom. The summed E-state index contributed by atoms with van der Waals surface area (Å²) in [4.78, 5) is 11.9. The van der Waals surface area contributed by atoms with Crippen LogP contribution in [0.25, 0.3) is 0 Å². The topological polar surface area (TPSA) is 59.0 Å². The Labute approximate surface area is 122 Å². The summed E-state index contributed by atoms with van der Waals surface area (Å²) in [5, 5.41) is 10.6. The molecule has 0 aromatic carbocycles. The minimum Gasteiger partial charge on any atom is -0.355 e. The van der Waals surface area contributed by atoms with Crippen molar-refractivity contribution in [3.05, 3.63) is 17.0 Å². The third-order valence-electron chi connectivity index (χ3n) is 3.72. The molecule has 0 spiro atoms. The van der Waals surface area contributed by atoms with Crippen molar-refractivity contribution in [2.75, 3.05) is 6.54 Å². The lowest BCUT2D eigenvalue weighted by Gasteiger charge is -2.14. The van der Waals surface area contributed by atoms with E-state index in [9.17, 15) is 4.79 Å². The lowest BCUT2D eigenvalue weighted by atomic mass is 10.2. The summed E-state index contributed by atoms with van der Waals surface area (Å²) in [6.45, 7) is 9.55. The third kappa shape index (κ3) is 4.63. The second kappa shape index (κ2) is 8.04. The molecule has 2 N–H and O–H groups in total. The summed E-state index contributed by atoms with van der Waals surface area (Å²) >= 11 is 0. The van der Waals surface area contributed by atoms with Gasteiger partial charge in [-0.05, 0) is 27.2 Å². The Morgan fingerprint density at radius 2 is 2.05 bits per heavy atom. The molecule has 1 unspecified atom stereocenters. The van der Waals surface area contributed by atoms with Crippen LogP contribution in [0.5, 0.6) is 0 Å². The third-order valence-corrected chi connectivity index (χ3v) is 3.72. The van der Waals surface area contributed by atoms with E-state index in [1.54, 1.807) is 0 Å². The van der Waals surface area contributed by atoms with Gasteiger partial charge in [-0.1, -0.05) is 19.8 Å². The second-order valence-corrected chi connectivity index (χ2v) is 5.37. The van der Waals surface area contributed by atoms with Crippen molar-refractivity contribution in [2.24, 2.45) is 7.05 Å². The van der Waals surface area contributed by atoms with Crippen molar-refractivity contribution in [1.82, 2.24) is 20.4 Å². The molecule has 0 aliphatic heterocycles. The first-order valence-electron chi connectivity index (χ1n) is 7.47. The summed E-state index contributed by atoms with van der Waals surface area (Å²) in [5.41, 5.74) is 3.34. The van der Waals surface area contributed by atoms with Gasteiger partial charge in [0.05, 0.1) is 11.7 Å². The Morgan fingerprint density at radius 3 is 2.60 bits per heavy atom. The Bertz CT molecular complexity index is 439. The first-order valence-corrected chi connectivity index (χ1v) is 7.47. The van der Waals surface area contributed by atoms with E-state index in [0.29, 0.717) is 6.54 Å². The number of nitrogens with zero attached hydrogens (tertiary/aromatic N) is 2. The van der Waals surface area contributed by atoms with Gasteiger partial charge in [0.2, 0.25) is 5.91 Å². The predicted molar refractivity (Wildman–Crippen MR) is 81.5 cm³/mol. The lowest BCUT2D eigenvalue weighted by molar-refractivity contribution is -0.122. The van der Waals surface area contributed by atoms with Gasteiger partial charge in [0.25, 0.3) is 0 Å². The van der Waals surface area contributed by atoms with Gasteiger partial charge in [-0.2, -0.15) is 5.10 Å². The lowest BCUT2D eigenvalue weighted by Crippen LogP contribution is -2.42. The van der Waals surface area contributed by atoms with Crippen LogP contribution in [0.2, 0.25) is 0 Å². The maximum atomic E-state index is 11.9. The first kappa shape index (κ1) is 16.7. The normalized spacial score (nSPS) is 12.4. The van der Waals surface area contributed by atoms with Crippen LogP contribution in [0.4, 0.5) is 0 Å². The van der Waals surface area contributed by atoms with Crippen LogP contribution in [0.1, 0.15) is 50.1 Å². The van der Waals surface area contributed by atoms with Gasteiger partial charge in [-0.3, -0.25) is 9.48 Å².